The lowest BCUT2D eigenvalue weighted by atomic mass is 9.86. The van der Waals surface area contributed by atoms with E-state index < -0.39 is 0 Å². The molecule has 4 rings (SSSR count). The van der Waals surface area contributed by atoms with Crippen LogP contribution in [0.5, 0.6) is 0 Å². The zero-order valence-corrected chi connectivity index (χ0v) is 14.1. The first kappa shape index (κ1) is 13.8. The zero-order valence-electron chi connectivity index (χ0n) is 12.5. The Kier molecular flexibility index (Phi) is 3.38. The van der Waals surface area contributed by atoms with Crippen LogP contribution in [0.25, 0.3) is 10.1 Å². The van der Waals surface area contributed by atoms with Gasteiger partial charge in [0, 0.05) is 10.4 Å². The van der Waals surface area contributed by atoms with Crippen LogP contribution in [0.2, 0.25) is 0 Å². The third-order valence-electron chi connectivity index (χ3n) is 4.60. The maximum atomic E-state index is 3.87. The molecule has 0 fully saturated rings. The lowest BCUT2D eigenvalue weighted by molar-refractivity contribution is 0.839. The van der Waals surface area contributed by atoms with Crippen molar-refractivity contribution in [2.45, 2.75) is 13.3 Å². The lowest BCUT2D eigenvalue weighted by Gasteiger charge is -2.19. The van der Waals surface area contributed by atoms with Gasteiger partial charge in [-0.2, -0.15) is 0 Å². The highest BCUT2D eigenvalue weighted by atomic mass is 79.9. The van der Waals surface area contributed by atoms with Crippen molar-refractivity contribution in [1.82, 2.24) is 0 Å². The Balaban J connectivity index is 2.21. The van der Waals surface area contributed by atoms with Crippen molar-refractivity contribution in [3.63, 3.8) is 0 Å². The third-order valence-corrected chi connectivity index (χ3v) is 5.61. The Morgan fingerprint density at radius 1 is 0.955 bits per heavy atom. The third kappa shape index (κ3) is 2.12. The van der Waals surface area contributed by atoms with E-state index in [0.29, 0.717) is 5.92 Å². The van der Waals surface area contributed by atoms with Crippen LogP contribution in [-0.2, 0) is 0 Å². The minimum Gasteiger partial charge on any atom is -0.0761 e. The first-order valence-electron chi connectivity index (χ1n) is 7.68. The molecular weight excluding hydrogens is 332 g/mol. The number of hydrogen-bond acceptors (Lipinski definition) is 0. The topological polar surface area (TPSA) is 0 Å². The minimum absolute atomic E-state index is 0.447. The lowest BCUT2D eigenvalue weighted by Crippen LogP contribution is -2.28. The average Bonchev–Trinajstić information content (AvgIpc) is 2.64. The number of aryl methyl sites for hydroxylation is 1. The summed E-state index contributed by atoms with van der Waals surface area (Å²) in [5, 5.41) is 2.65. The van der Waals surface area contributed by atoms with E-state index in [-0.39, 0.29) is 0 Å². The van der Waals surface area contributed by atoms with Gasteiger partial charge < -0.3 is 0 Å². The molecule has 108 valence electrons. The van der Waals surface area contributed by atoms with E-state index in [1.54, 1.807) is 0 Å². The molecule has 22 heavy (non-hydrogen) atoms. The summed E-state index contributed by atoms with van der Waals surface area (Å²) in [6.07, 6.45) is 7.84. The summed E-state index contributed by atoms with van der Waals surface area (Å²) >= 11 is 3.87. The Morgan fingerprint density at radius 2 is 1.68 bits per heavy atom. The van der Waals surface area contributed by atoms with E-state index >= 15 is 0 Å². The molecular formula is C21H17Br. The van der Waals surface area contributed by atoms with Crippen LogP contribution >= 0.6 is 15.9 Å². The molecule has 0 nitrogen and oxygen atoms in total. The van der Waals surface area contributed by atoms with Gasteiger partial charge in [-0.3, -0.25) is 0 Å². The number of fused-ring (bicyclic) bond motifs is 3. The van der Waals surface area contributed by atoms with Gasteiger partial charge in [-0.1, -0.05) is 82.7 Å². The highest BCUT2D eigenvalue weighted by Gasteiger charge is 2.22. The highest BCUT2D eigenvalue weighted by Crippen LogP contribution is 2.36. The van der Waals surface area contributed by atoms with Gasteiger partial charge in [0.15, 0.2) is 0 Å². The predicted octanol–water partition coefficient (Wildman–Crippen LogP) is 4.21. The highest BCUT2D eigenvalue weighted by molar-refractivity contribution is 9.14. The van der Waals surface area contributed by atoms with Crippen LogP contribution < -0.4 is 10.4 Å². The van der Waals surface area contributed by atoms with Gasteiger partial charge in [0.2, 0.25) is 0 Å². The molecule has 0 radical (unpaired) electrons. The first-order chi connectivity index (χ1) is 10.8. The Hall–Kier alpha value is -1.86. The van der Waals surface area contributed by atoms with Crippen molar-refractivity contribution in [3.8, 4) is 0 Å². The van der Waals surface area contributed by atoms with Gasteiger partial charge in [0.05, 0.1) is 0 Å². The first-order valence-corrected chi connectivity index (χ1v) is 8.48. The molecule has 1 atom stereocenters. The van der Waals surface area contributed by atoms with Crippen molar-refractivity contribution in [1.29, 1.82) is 0 Å². The van der Waals surface area contributed by atoms with Crippen molar-refractivity contribution >= 4 is 26.0 Å². The second-order valence-electron chi connectivity index (χ2n) is 5.97. The van der Waals surface area contributed by atoms with Crippen molar-refractivity contribution < 1.29 is 0 Å². The zero-order chi connectivity index (χ0) is 15.1. The molecule has 1 unspecified atom stereocenters. The Morgan fingerprint density at radius 3 is 2.50 bits per heavy atom. The second kappa shape index (κ2) is 5.40. The number of benzene rings is 2. The van der Waals surface area contributed by atoms with Crippen LogP contribution in [-0.4, -0.2) is 0 Å². The van der Waals surface area contributed by atoms with E-state index in [0.717, 1.165) is 6.42 Å². The summed E-state index contributed by atoms with van der Waals surface area (Å²) in [5.74, 6) is 0.447. The molecule has 0 saturated carbocycles. The molecule has 0 saturated heterocycles. The van der Waals surface area contributed by atoms with Gasteiger partial charge in [0.1, 0.15) is 0 Å². The quantitative estimate of drug-likeness (QED) is 0.723. The molecule has 0 aliphatic heterocycles. The van der Waals surface area contributed by atoms with Crippen LogP contribution in [0.3, 0.4) is 0 Å². The van der Waals surface area contributed by atoms with Gasteiger partial charge >= 0.3 is 0 Å². The normalized spacial score (nSPS) is 19.5. The molecule has 0 aromatic heterocycles. The van der Waals surface area contributed by atoms with Crippen molar-refractivity contribution in [2.75, 3.05) is 0 Å². The summed E-state index contributed by atoms with van der Waals surface area (Å²) in [7, 11) is 0. The largest absolute Gasteiger partial charge is 0.0761 e. The summed E-state index contributed by atoms with van der Waals surface area (Å²) in [4.78, 5) is 0. The fourth-order valence-corrected chi connectivity index (χ4v) is 4.15. The number of halogens is 1. The van der Waals surface area contributed by atoms with Crippen molar-refractivity contribution in [2.24, 2.45) is 5.92 Å². The van der Waals surface area contributed by atoms with Crippen LogP contribution in [0.15, 0.2) is 72.3 Å². The van der Waals surface area contributed by atoms with E-state index in [2.05, 4.69) is 89.6 Å². The molecule has 2 aliphatic rings. The van der Waals surface area contributed by atoms with E-state index in [1.807, 2.05) is 0 Å². The van der Waals surface area contributed by atoms with Gasteiger partial charge in [0.25, 0.3) is 0 Å². The summed E-state index contributed by atoms with van der Waals surface area (Å²) in [6.45, 7) is 2.20. The fraction of sp³-hybridized carbons (Fsp3) is 0.143. The van der Waals surface area contributed by atoms with Crippen molar-refractivity contribution in [3.05, 3.63) is 93.9 Å². The Bertz CT molecular complexity index is 928. The van der Waals surface area contributed by atoms with Crippen LogP contribution in [0.4, 0.5) is 0 Å². The fourth-order valence-electron chi connectivity index (χ4n) is 3.49. The second-order valence-corrected chi connectivity index (χ2v) is 6.83. The average molecular weight is 349 g/mol. The molecule has 2 aliphatic carbocycles. The molecule has 0 spiro atoms. The molecule has 2 bridgehead atoms. The maximum Gasteiger partial charge on any atom is 0.0134 e. The van der Waals surface area contributed by atoms with Gasteiger partial charge in [-0.15, -0.1) is 0 Å². The summed E-state index contributed by atoms with van der Waals surface area (Å²) < 4.78 is 1.30. The van der Waals surface area contributed by atoms with Gasteiger partial charge in [-0.25, -0.2) is 0 Å². The molecule has 1 heteroatoms. The Labute approximate surface area is 139 Å². The number of rotatable bonds is 1. The number of allylic oxidation sites excluding steroid dienone is 4. The molecule has 2 aromatic rings. The van der Waals surface area contributed by atoms with Crippen LogP contribution in [0.1, 0.15) is 17.5 Å². The summed E-state index contributed by atoms with van der Waals surface area (Å²) in [6, 6.07) is 17.4. The van der Waals surface area contributed by atoms with E-state index in [9.17, 15) is 0 Å². The summed E-state index contributed by atoms with van der Waals surface area (Å²) in [5.41, 5.74) is 5.50. The van der Waals surface area contributed by atoms with Gasteiger partial charge in [-0.05, 0) is 46.1 Å². The van der Waals surface area contributed by atoms with E-state index in [1.165, 1.54) is 37.2 Å². The molecule has 0 N–H and O–H groups in total. The minimum atomic E-state index is 0.447. The van der Waals surface area contributed by atoms with E-state index in [4.69, 9.17) is 0 Å². The maximum absolute atomic E-state index is 3.87. The molecule has 2 aromatic carbocycles. The SMILES string of the molecule is Cc1ccccc1C1=c2ccccc2=C(Br)C2C=CC=C1C2. The smallest absolute Gasteiger partial charge is 0.0134 e. The molecule has 0 heterocycles. The predicted molar refractivity (Wildman–Crippen MR) is 97.0 cm³/mol. The van der Waals surface area contributed by atoms with Crippen LogP contribution in [0, 0.1) is 12.8 Å². The standard InChI is InChI=1S/C21H17Br/c1-14-7-2-3-10-17(14)20-15-8-6-9-16(13-15)21(22)19-12-5-4-11-18(19)20/h2-12,16H,13H2,1H3. The number of hydrogen-bond donors (Lipinski definition) is 0. The monoisotopic (exact) mass is 348 g/mol. The molecule has 0 amide bonds.